The second-order valence-corrected chi connectivity index (χ2v) is 4.92. The van der Waals surface area contributed by atoms with E-state index in [1.807, 2.05) is 13.8 Å². The molecule has 0 amide bonds. The molecule has 19 heavy (non-hydrogen) atoms. The van der Waals surface area contributed by atoms with E-state index in [2.05, 4.69) is 4.99 Å². The standard InChI is InChI=1S/C12H24N4O3/c1-7(2)10(13)9(17)6-8(11(18)19)4-3-5-16-12(14)15/h7-8,10H,3-6,13H2,1-2H3,(H,18,19)(H4,14,15,16)/t8-,10+/m1/s1. The molecule has 0 aliphatic carbocycles. The first-order valence-corrected chi connectivity index (χ1v) is 6.32. The summed E-state index contributed by atoms with van der Waals surface area (Å²) in [7, 11) is 0. The predicted molar refractivity (Wildman–Crippen MR) is 73.5 cm³/mol. The lowest BCUT2D eigenvalue weighted by Crippen LogP contribution is -2.37. The van der Waals surface area contributed by atoms with Crippen LogP contribution in [0.3, 0.4) is 0 Å². The number of hydrogen-bond donors (Lipinski definition) is 4. The van der Waals surface area contributed by atoms with Gasteiger partial charge < -0.3 is 22.3 Å². The number of guanidine groups is 1. The second-order valence-electron chi connectivity index (χ2n) is 4.92. The summed E-state index contributed by atoms with van der Waals surface area (Å²) in [5.74, 6) is -1.96. The average molecular weight is 272 g/mol. The van der Waals surface area contributed by atoms with Crippen LogP contribution >= 0.6 is 0 Å². The van der Waals surface area contributed by atoms with Crippen LogP contribution in [-0.4, -0.2) is 35.4 Å². The minimum Gasteiger partial charge on any atom is -0.481 e. The highest BCUT2D eigenvalue weighted by molar-refractivity contribution is 5.87. The van der Waals surface area contributed by atoms with Crippen LogP contribution < -0.4 is 17.2 Å². The first-order valence-electron chi connectivity index (χ1n) is 6.32. The van der Waals surface area contributed by atoms with E-state index in [0.717, 1.165) is 0 Å². The smallest absolute Gasteiger partial charge is 0.306 e. The Balaban J connectivity index is 4.31. The molecule has 7 nitrogen and oxygen atoms in total. The summed E-state index contributed by atoms with van der Waals surface area (Å²) in [5.41, 5.74) is 16.0. The van der Waals surface area contributed by atoms with Crippen molar-refractivity contribution >= 4 is 17.7 Å². The first-order chi connectivity index (χ1) is 8.75. The molecule has 0 unspecified atom stereocenters. The Morgan fingerprint density at radius 3 is 2.26 bits per heavy atom. The van der Waals surface area contributed by atoms with Gasteiger partial charge in [-0.15, -0.1) is 0 Å². The van der Waals surface area contributed by atoms with Crippen molar-refractivity contribution in [2.24, 2.45) is 34.0 Å². The molecule has 0 aromatic rings. The third kappa shape index (κ3) is 7.40. The Kier molecular flexibility index (Phi) is 7.74. The molecule has 7 N–H and O–H groups in total. The van der Waals surface area contributed by atoms with Gasteiger partial charge in [0.25, 0.3) is 0 Å². The molecule has 0 rings (SSSR count). The third-order valence-electron chi connectivity index (χ3n) is 2.89. The number of nitrogens with zero attached hydrogens (tertiary/aromatic N) is 1. The van der Waals surface area contributed by atoms with E-state index in [4.69, 9.17) is 22.3 Å². The van der Waals surface area contributed by atoms with Gasteiger partial charge in [-0.3, -0.25) is 14.6 Å². The molecule has 7 heteroatoms. The summed E-state index contributed by atoms with van der Waals surface area (Å²) in [6, 6.07) is -0.612. The van der Waals surface area contributed by atoms with Gasteiger partial charge >= 0.3 is 5.97 Å². The van der Waals surface area contributed by atoms with Gasteiger partial charge in [-0.2, -0.15) is 0 Å². The van der Waals surface area contributed by atoms with Crippen LogP contribution in [0.1, 0.15) is 33.1 Å². The van der Waals surface area contributed by atoms with Gasteiger partial charge in [0.2, 0.25) is 0 Å². The Morgan fingerprint density at radius 1 is 1.26 bits per heavy atom. The summed E-state index contributed by atoms with van der Waals surface area (Å²) < 4.78 is 0. The number of ketones is 1. The van der Waals surface area contributed by atoms with Crippen molar-refractivity contribution in [3.63, 3.8) is 0 Å². The van der Waals surface area contributed by atoms with Crippen LogP contribution in [0.25, 0.3) is 0 Å². The maximum Gasteiger partial charge on any atom is 0.306 e. The summed E-state index contributed by atoms with van der Waals surface area (Å²) in [6.45, 7) is 4.02. The fraction of sp³-hybridized carbons (Fsp3) is 0.750. The monoisotopic (exact) mass is 272 g/mol. The molecule has 0 fully saturated rings. The first kappa shape index (κ1) is 17.4. The zero-order valence-corrected chi connectivity index (χ0v) is 11.5. The molecule has 110 valence electrons. The Labute approximate surface area is 113 Å². The summed E-state index contributed by atoms with van der Waals surface area (Å²) >= 11 is 0. The number of carbonyl (C=O) groups is 2. The van der Waals surface area contributed by atoms with E-state index in [9.17, 15) is 9.59 Å². The molecule has 0 aromatic carbocycles. The van der Waals surface area contributed by atoms with E-state index in [1.165, 1.54) is 0 Å². The molecule has 0 saturated heterocycles. The highest BCUT2D eigenvalue weighted by Gasteiger charge is 2.25. The number of carboxylic acids is 1. The highest BCUT2D eigenvalue weighted by Crippen LogP contribution is 2.15. The van der Waals surface area contributed by atoms with Crippen molar-refractivity contribution in [1.29, 1.82) is 0 Å². The van der Waals surface area contributed by atoms with E-state index >= 15 is 0 Å². The maximum atomic E-state index is 11.8. The molecule has 0 radical (unpaired) electrons. The van der Waals surface area contributed by atoms with Gasteiger partial charge in [0.15, 0.2) is 11.7 Å². The number of Topliss-reactive ketones (excluding diaryl/α,β-unsaturated/α-hetero) is 1. The predicted octanol–water partition coefficient (Wildman–Crippen LogP) is -0.317. The second kappa shape index (κ2) is 8.47. The minimum atomic E-state index is -0.992. The number of hydrogen-bond acceptors (Lipinski definition) is 4. The molecule has 0 bridgehead atoms. The van der Waals surface area contributed by atoms with Crippen LogP contribution in [0.5, 0.6) is 0 Å². The van der Waals surface area contributed by atoms with Crippen molar-refractivity contribution in [3.05, 3.63) is 0 Å². The molecule has 0 aromatic heterocycles. The van der Waals surface area contributed by atoms with Gasteiger partial charge in [0, 0.05) is 13.0 Å². The number of carboxylic acid groups (broad SMARTS) is 1. The van der Waals surface area contributed by atoms with Crippen molar-refractivity contribution in [3.8, 4) is 0 Å². The fourth-order valence-electron chi connectivity index (χ4n) is 1.61. The number of aliphatic carboxylic acids is 1. The topological polar surface area (TPSA) is 145 Å². The SMILES string of the molecule is CC(C)[C@H](N)C(=O)C[C@@H](CCCN=C(N)N)C(=O)O. The van der Waals surface area contributed by atoms with Crippen molar-refractivity contribution in [1.82, 2.24) is 0 Å². The largest absolute Gasteiger partial charge is 0.481 e. The lowest BCUT2D eigenvalue weighted by atomic mass is 9.91. The van der Waals surface area contributed by atoms with Crippen LogP contribution in [0.2, 0.25) is 0 Å². The van der Waals surface area contributed by atoms with Gasteiger partial charge in [-0.1, -0.05) is 13.8 Å². The van der Waals surface area contributed by atoms with E-state index < -0.39 is 17.9 Å². The number of carbonyl (C=O) groups excluding carboxylic acids is 1. The van der Waals surface area contributed by atoms with Crippen molar-refractivity contribution in [2.45, 2.75) is 39.2 Å². The number of nitrogens with two attached hydrogens (primary N) is 3. The molecular formula is C12H24N4O3. The van der Waals surface area contributed by atoms with Crippen LogP contribution in [0.4, 0.5) is 0 Å². The summed E-state index contributed by atoms with van der Waals surface area (Å²) in [6.07, 6.45) is 0.818. The zero-order chi connectivity index (χ0) is 15.0. The lowest BCUT2D eigenvalue weighted by molar-refractivity contribution is -0.144. The highest BCUT2D eigenvalue weighted by atomic mass is 16.4. The molecule has 0 spiro atoms. The summed E-state index contributed by atoms with van der Waals surface area (Å²) in [4.78, 5) is 26.6. The van der Waals surface area contributed by atoms with Crippen LogP contribution in [0.15, 0.2) is 4.99 Å². The van der Waals surface area contributed by atoms with Gasteiger partial charge in [-0.25, -0.2) is 0 Å². The van der Waals surface area contributed by atoms with Crippen molar-refractivity contribution in [2.75, 3.05) is 6.54 Å². The van der Waals surface area contributed by atoms with E-state index in [1.54, 1.807) is 0 Å². The Bertz CT molecular complexity index is 338. The van der Waals surface area contributed by atoms with Crippen molar-refractivity contribution < 1.29 is 14.7 Å². The summed E-state index contributed by atoms with van der Waals surface area (Å²) in [5, 5.41) is 9.07. The molecular weight excluding hydrogens is 248 g/mol. The average Bonchev–Trinajstić information content (AvgIpc) is 2.30. The van der Waals surface area contributed by atoms with Gasteiger partial charge in [0.1, 0.15) is 0 Å². The molecule has 0 heterocycles. The quantitative estimate of drug-likeness (QED) is 0.257. The van der Waals surface area contributed by atoms with E-state index in [-0.39, 0.29) is 24.1 Å². The number of rotatable bonds is 9. The van der Waals surface area contributed by atoms with Gasteiger partial charge in [0.05, 0.1) is 12.0 Å². The molecule has 2 atom stereocenters. The Morgan fingerprint density at radius 2 is 1.84 bits per heavy atom. The van der Waals surface area contributed by atoms with Crippen LogP contribution in [0, 0.1) is 11.8 Å². The lowest BCUT2D eigenvalue weighted by Gasteiger charge is -2.17. The molecule has 0 saturated carbocycles. The minimum absolute atomic E-state index is 0.00332. The zero-order valence-electron chi connectivity index (χ0n) is 11.5. The molecule has 0 aliphatic heterocycles. The third-order valence-corrected chi connectivity index (χ3v) is 2.89. The molecule has 0 aliphatic rings. The maximum absolute atomic E-state index is 11.8. The normalized spacial score (nSPS) is 13.9. The van der Waals surface area contributed by atoms with Gasteiger partial charge in [-0.05, 0) is 18.8 Å². The number of aliphatic imine (C=N–C) groups is 1. The van der Waals surface area contributed by atoms with E-state index in [0.29, 0.717) is 19.4 Å². The Hall–Kier alpha value is -1.63. The fourth-order valence-corrected chi connectivity index (χ4v) is 1.61. The van der Waals surface area contributed by atoms with Crippen LogP contribution in [-0.2, 0) is 9.59 Å².